The summed E-state index contributed by atoms with van der Waals surface area (Å²) < 4.78 is 0. The monoisotopic (exact) mass is 338 g/mol. The number of likely N-dealkylation sites (N-methyl/N-ethyl adjacent to an activating group) is 1. The third-order valence-corrected chi connectivity index (χ3v) is 5.15. The summed E-state index contributed by atoms with van der Waals surface area (Å²) in [5.74, 6) is 2.56. The van der Waals surface area contributed by atoms with Crippen molar-refractivity contribution in [1.82, 2.24) is 24.8 Å². The van der Waals surface area contributed by atoms with E-state index in [2.05, 4.69) is 37.8 Å². The first-order valence-corrected chi connectivity index (χ1v) is 9.09. The molecule has 2 aliphatic heterocycles. The molecule has 0 aliphatic carbocycles. The first-order chi connectivity index (χ1) is 12.2. The number of piperazine rings is 1. The molecule has 0 unspecified atom stereocenters. The Kier molecular flexibility index (Phi) is 4.63. The molecule has 0 bridgehead atoms. The van der Waals surface area contributed by atoms with E-state index in [1.807, 2.05) is 25.3 Å². The van der Waals surface area contributed by atoms with Crippen LogP contribution in [-0.2, 0) is 0 Å². The molecule has 2 saturated heterocycles. The van der Waals surface area contributed by atoms with Crippen LogP contribution in [0.1, 0.15) is 5.69 Å². The van der Waals surface area contributed by atoms with Crippen LogP contribution in [-0.4, -0.2) is 77.6 Å². The van der Waals surface area contributed by atoms with Crippen molar-refractivity contribution < 1.29 is 0 Å². The average Bonchev–Trinajstić information content (AvgIpc) is 2.59. The van der Waals surface area contributed by atoms with Gasteiger partial charge in [0.05, 0.1) is 0 Å². The third kappa shape index (κ3) is 3.80. The largest absolute Gasteiger partial charge is 0.356 e. The van der Waals surface area contributed by atoms with Crippen LogP contribution >= 0.6 is 0 Å². The van der Waals surface area contributed by atoms with Crippen molar-refractivity contribution >= 4 is 5.82 Å². The number of aromatic nitrogens is 3. The van der Waals surface area contributed by atoms with Gasteiger partial charge in [0.2, 0.25) is 0 Å². The van der Waals surface area contributed by atoms with Crippen molar-refractivity contribution in [3.8, 4) is 11.4 Å². The fourth-order valence-corrected chi connectivity index (χ4v) is 3.61. The molecule has 2 aliphatic rings. The highest BCUT2D eigenvalue weighted by Gasteiger charge is 2.30. The lowest BCUT2D eigenvalue weighted by Crippen LogP contribution is -2.54. The van der Waals surface area contributed by atoms with Crippen LogP contribution in [0.3, 0.4) is 0 Å². The molecule has 25 heavy (non-hydrogen) atoms. The smallest absolute Gasteiger partial charge is 0.163 e. The molecule has 132 valence electrons. The van der Waals surface area contributed by atoms with E-state index in [1.54, 1.807) is 6.20 Å². The van der Waals surface area contributed by atoms with Crippen LogP contribution in [0.5, 0.6) is 0 Å². The van der Waals surface area contributed by atoms with Gasteiger partial charge in [0.1, 0.15) is 5.82 Å². The molecule has 0 saturated carbocycles. The Morgan fingerprint density at radius 3 is 2.64 bits per heavy atom. The Morgan fingerprint density at radius 1 is 1.12 bits per heavy atom. The molecule has 0 atom stereocenters. The van der Waals surface area contributed by atoms with Gasteiger partial charge in [-0.05, 0) is 26.1 Å². The van der Waals surface area contributed by atoms with E-state index in [9.17, 15) is 0 Å². The molecule has 0 aromatic carbocycles. The average molecular weight is 338 g/mol. The maximum absolute atomic E-state index is 4.77. The molecule has 6 nitrogen and oxygen atoms in total. The van der Waals surface area contributed by atoms with Gasteiger partial charge in [-0.1, -0.05) is 0 Å². The Bertz CT molecular complexity index is 705. The van der Waals surface area contributed by atoms with E-state index in [4.69, 9.17) is 4.98 Å². The number of anilines is 1. The number of hydrogen-bond acceptors (Lipinski definition) is 6. The number of rotatable bonds is 4. The van der Waals surface area contributed by atoms with Crippen LogP contribution in [0.4, 0.5) is 5.82 Å². The molecule has 0 amide bonds. The molecule has 2 aromatic rings. The first kappa shape index (κ1) is 16.4. The summed E-state index contributed by atoms with van der Waals surface area (Å²) >= 11 is 0. The Hall–Kier alpha value is -2.05. The first-order valence-electron chi connectivity index (χ1n) is 9.09. The second kappa shape index (κ2) is 7.06. The summed E-state index contributed by atoms with van der Waals surface area (Å²) in [4.78, 5) is 20.9. The van der Waals surface area contributed by atoms with Crippen molar-refractivity contribution in [3.05, 3.63) is 36.3 Å². The second-order valence-electron chi connectivity index (χ2n) is 7.31. The fraction of sp³-hybridized carbons (Fsp3) is 0.526. The molecule has 6 heteroatoms. The molecule has 0 spiro atoms. The van der Waals surface area contributed by atoms with E-state index in [0.29, 0.717) is 0 Å². The molecular weight excluding hydrogens is 312 g/mol. The molecule has 4 heterocycles. The lowest BCUT2D eigenvalue weighted by Gasteiger charge is -2.44. The molecule has 2 fully saturated rings. The van der Waals surface area contributed by atoms with Crippen LogP contribution in [0, 0.1) is 12.8 Å². The fourth-order valence-electron chi connectivity index (χ4n) is 3.61. The van der Waals surface area contributed by atoms with E-state index >= 15 is 0 Å². The third-order valence-electron chi connectivity index (χ3n) is 5.15. The van der Waals surface area contributed by atoms with Crippen LogP contribution < -0.4 is 4.90 Å². The number of hydrogen-bond donors (Lipinski definition) is 0. The van der Waals surface area contributed by atoms with Crippen LogP contribution in [0.25, 0.3) is 11.4 Å². The predicted molar refractivity (Wildman–Crippen MR) is 99.6 cm³/mol. The van der Waals surface area contributed by atoms with Crippen molar-refractivity contribution in [2.45, 2.75) is 6.92 Å². The lowest BCUT2D eigenvalue weighted by atomic mass is 9.99. The number of aryl methyl sites for hydroxylation is 1. The van der Waals surface area contributed by atoms with Crippen molar-refractivity contribution in [2.24, 2.45) is 5.92 Å². The van der Waals surface area contributed by atoms with Gasteiger partial charge in [-0.25, -0.2) is 9.97 Å². The maximum atomic E-state index is 4.77. The van der Waals surface area contributed by atoms with Crippen molar-refractivity contribution in [3.63, 3.8) is 0 Å². The summed E-state index contributed by atoms with van der Waals surface area (Å²) in [5, 5.41) is 0. The number of nitrogens with zero attached hydrogens (tertiary/aromatic N) is 6. The molecule has 0 N–H and O–H groups in total. The van der Waals surface area contributed by atoms with E-state index < -0.39 is 0 Å². The van der Waals surface area contributed by atoms with Gasteiger partial charge >= 0.3 is 0 Å². The van der Waals surface area contributed by atoms with Crippen LogP contribution in [0.15, 0.2) is 30.6 Å². The van der Waals surface area contributed by atoms with Gasteiger partial charge in [-0.3, -0.25) is 4.98 Å². The summed E-state index contributed by atoms with van der Waals surface area (Å²) in [7, 11) is 2.21. The summed E-state index contributed by atoms with van der Waals surface area (Å²) in [5.41, 5.74) is 1.98. The Labute approximate surface area is 149 Å². The highest BCUT2D eigenvalue weighted by atomic mass is 15.3. The quantitative estimate of drug-likeness (QED) is 0.843. The van der Waals surface area contributed by atoms with Gasteiger partial charge in [0.15, 0.2) is 5.82 Å². The predicted octanol–water partition coefficient (Wildman–Crippen LogP) is 1.53. The maximum Gasteiger partial charge on any atom is 0.163 e. The lowest BCUT2D eigenvalue weighted by molar-refractivity contribution is 0.128. The zero-order chi connectivity index (χ0) is 17.2. The SMILES string of the molecule is Cc1cc(N2CC(CN3CCN(C)CC3)C2)nc(-c2cccnc2)n1. The zero-order valence-corrected chi connectivity index (χ0v) is 15.1. The number of pyridine rings is 1. The normalized spacial score (nSPS) is 19.8. The zero-order valence-electron chi connectivity index (χ0n) is 15.1. The minimum Gasteiger partial charge on any atom is -0.356 e. The van der Waals surface area contributed by atoms with Crippen molar-refractivity contribution in [2.75, 3.05) is 57.8 Å². The highest BCUT2D eigenvalue weighted by Crippen LogP contribution is 2.26. The van der Waals surface area contributed by atoms with E-state index in [1.165, 1.54) is 32.7 Å². The molecular formula is C19H26N6. The molecule has 2 aromatic heterocycles. The highest BCUT2D eigenvalue weighted by molar-refractivity contribution is 5.57. The van der Waals surface area contributed by atoms with Gasteiger partial charge < -0.3 is 14.7 Å². The van der Waals surface area contributed by atoms with Crippen LogP contribution in [0.2, 0.25) is 0 Å². The second-order valence-corrected chi connectivity index (χ2v) is 7.31. The molecule has 4 rings (SSSR count). The Morgan fingerprint density at radius 2 is 1.92 bits per heavy atom. The van der Waals surface area contributed by atoms with Gasteiger partial charge in [0.25, 0.3) is 0 Å². The minimum atomic E-state index is 0.750. The standard InChI is InChI=1S/C19H26N6/c1-15-10-18(22-19(21-15)17-4-3-5-20-11-17)25-13-16(14-25)12-24-8-6-23(2)7-9-24/h3-5,10-11,16H,6-9,12-14H2,1-2H3. The van der Waals surface area contributed by atoms with Crippen molar-refractivity contribution in [1.29, 1.82) is 0 Å². The van der Waals surface area contributed by atoms with E-state index in [0.717, 1.165) is 41.9 Å². The topological polar surface area (TPSA) is 48.4 Å². The summed E-state index contributed by atoms with van der Waals surface area (Å²) in [6, 6.07) is 6.03. The minimum absolute atomic E-state index is 0.750. The van der Waals surface area contributed by atoms with E-state index in [-0.39, 0.29) is 0 Å². The Balaban J connectivity index is 1.38. The van der Waals surface area contributed by atoms with Gasteiger partial charge in [-0.15, -0.1) is 0 Å². The summed E-state index contributed by atoms with van der Waals surface area (Å²) in [6.07, 6.45) is 3.60. The van der Waals surface area contributed by atoms with Gasteiger partial charge in [-0.2, -0.15) is 0 Å². The molecule has 0 radical (unpaired) electrons. The summed E-state index contributed by atoms with van der Waals surface area (Å²) in [6.45, 7) is 10.2. The van der Waals surface area contributed by atoms with Gasteiger partial charge in [0, 0.05) is 81.4 Å².